The van der Waals surface area contributed by atoms with E-state index in [0.717, 1.165) is 34.9 Å². The standard InChI is InChI=1S/C61H48N2/c1-45-17-33-56(34-18-45)62(57-39-27-53(28-40-57)50-21-19-49(20-22-50)46-11-5-2-6-12-46)58-41-29-54(30-42-58)55-31-43-61(44-32-55)63(59-35-23-51(24-36-59)47-13-7-3-8-14-47)60-37-25-52(26-38-60)48-15-9-4-10-16-48/h2-17,19-45H,18H2,1H3. The predicted molar refractivity (Wildman–Crippen MR) is 268 cm³/mol. The van der Waals surface area contributed by atoms with Gasteiger partial charge < -0.3 is 9.80 Å². The van der Waals surface area contributed by atoms with Gasteiger partial charge in [0, 0.05) is 34.1 Å². The minimum Gasteiger partial charge on any atom is -0.311 e. The lowest BCUT2D eigenvalue weighted by Crippen LogP contribution is -2.17. The van der Waals surface area contributed by atoms with Crippen LogP contribution in [0.3, 0.4) is 0 Å². The van der Waals surface area contributed by atoms with Crippen LogP contribution in [0.2, 0.25) is 0 Å². The van der Waals surface area contributed by atoms with Crippen LogP contribution in [-0.2, 0) is 0 Å². The fraction of sp³-hybridized carbons (Fsp3) is 0.0492. The normalized spacial score (nSPS) is 13.3. The van der Waals surface area contributed by atoms with E-state index >= 15 is 0 Å². The highest BCUT2D eigenvalue weighted by molar-refractivity contribution is 5.82. The summed E-state index contributed by atoms with van der Waals surface area (Å²) in [7, 11) is 0. The predicted octanol–water partition coefficient (Wildman–Crippen LogP) is 17.1. The van der Waals surface area contributed by atoms with Gasteiger partial charge in [-0.15, -0.1) is 0 Å². The van der Waals surface area contributed by atoms with Gasteiger partial charge in [-0.25, -0.2) is 0 Å². The first-order valence-corrected chi connectivity index (χ1v) is 21.9. The van der Waals surface area contributed by atoms with Crippen LogP contribution in [0.5, 0.6) is 0 Å². The number of rotatable bonds is 11. The summed E-state index contributed by atoms with van der Waals surface area (Å²) < 4.78 is 0. The van der Waals surface area contributed by atoms with Gasteiger partial charge in [0.25, 0.3) is 0 Å². The fourth-order valence-electron chi connectivity index (χ4n) is 8.54. The lowest BCUT2D eigenvalue weighted by Gasteiger charge is -2.29. The third-order valence-corrected chi connectivity index (χ3v) is 12.1. The van der Waals surface area contributed by atoms with Crippen LogP contribution < -0.4 is 9.80 Å². The molecule has 0 bridgehead atoms. The van der Waals surface area contributed by atoms with Crippen LogP contribution in [0.25, 0.3) is 55.6 Å². The van der Waals surface area contributed by atoms with Gasteiger partial charge in [0.05, 0.1) is 0 Å². The average Bonchev–Trinajstić information content (AvgIpc) is 3.37. The summed E-state index contributed by atoms with van der Waals surface area (Å²) in [5.74, 6) is 0.528. The maximum atomic E-state index is 2.38. The van der Waals surface area contributed by atoms with Crippen LogP contribution in [0.1, 0.15) is 13.3 Å². The fourth-order valence-corrected chi connectivity index (χ4v) is 8.54. The van der Waals surface area contributed by atoms with Crippen molar-refractivity contribution in [2.24, 2.45) is 5.92 Å². The van der Waals surface area contributed by atoms with E-state index in [1.54, 1.807) is 0 Å². The molecule has 1 unspecified atom stereocenters. The average molecular weight is 809 g/mol. The summed E-state index contributed by atoms with van der Waals surface area (Å²) in [6, 6.07) is 85.2. The number of benzene rings is 9. The Morgan fingerprint density at radius 1 is 0.286 bits per heavy atom. The van der Waals surface area contributed by atoms with Crippen molar-refractivity contribution >= 4 is 28.4 Å². The minimum atomic E-state index is 0.528. The van der Waals surface area contributed by atoms with E-state index < -0.39 is 0 Å². The summed E-state index contributed by atoms with van der Waals surface area (Å²) >= 11 is 0. The van der Waals surface area contributed by atoms with Crippen molar-refractivity contribution in [1.29, 1.82) is 0 Å². The van der Waals surface area contributed by atoms with Crippen LogP contribution in [-0.4, -0.2) is 0 Å². The Labute approximate surface area is 372 Å². The van der Waals surface area contributed by atoms with Gasteiger partial charge >= 0.3 is 0 Å². The van der Waals surface area contributed by atoms with Crippen molar-refractivity contribution in [3.63, 3.8) is 0 Å². The number of anilines is 5. The van der Waals surface area contributed by atoms with Crippen LogP contribution in [0.4, 0.5) is 28.4 Å². The Bertz CT molecular complexity index is 2870. The van der Waals surface area contributed by atoms with Gasteiger partial charge in [-0.2, -0.15) is 0 Å². The first-order chi connectivity index (χ1) is 31.1. The molecule has 63 heavy (non-hydrogen) atoms. The molecule has 0 aromatic heterocycles. The van der Waals surface area contributed by atoms with E-state index in [-0.39, 0.29) is 0 Å². The van der Waals surface area contributed by atoms with Gasteiger partial charge in [0.2, 0.25) is 0 Å². The largest absolute Gasteiger partial charge is 0.311 e. The molecule has 9 aromatic rings. The third kappa shape index (κ3) is 8.66. The molecule has 1 atom stereocenters. The Morgan fingerprint density at radius 2 is 0.524 bits per heavy atom. The second kappa shape index (κ2) is 18.0. The summed E-state index contributed by atoms with van der Waals surface area (Å²) in [6.45, 7) is 2.27. The van der Waals surface area contributed by atoms with Gasteiger partial charge in [-0.1, -0.05) is 195 Å². The monoisotopic (exact) mass is 808 g/mol. The topological polar surface area (TPSA) is 6.48 Å². The second-order valence-electron chi connectivity index (χ2n) is 16.3. The van der Waals surface area contributed by atoms with Crippen molar-refractivity contribution < 1.29 is 0 Å². The molecule has 9 aromatic carbocycles. The molecule has 1 aliphatic carbocycles. The molecular weight excluding hydrogens is 761 g/mol. The maximum Gasteiger partial charge on any atom is 0.0462 e. The number of nitrogens with zero attached hydrogens (tertiary/aromatic N) is 2. The smallest absolute Gasteiger partial charge is 0.0462 e. The van der Waals surface area contributed by atoms with Crippen molar-refractivity contribution in [1.82, 2.24) is 0 Å². The molecule has 2 heteroatoms. The molecule has 2 nitrogen and oxygen atoms in total. The molecule has 0 saturated heterocycles. The van der Waals surface area contributed by atoms with E-state index in [0.29, 0.717) is 5.92 Å². The summed E-state index contributed by atoms with van der Waals surface area (Å²) in [6.07, 6.45) is 7.97. The Kier molecular flexibility index (Phi) is 11.2. The zero-order valence-corrected chi connectivity index (χ0v) is 35.4. The second-order valence-corrected chi connectivity index (χ2v) is 16.3. The minimum absolute atomic E-state index is 0.528. The van der Waals surface area contributed by atoms with Gasteiger partial charge in [0.15, 0.2) is 0 Å². The van der Waals surface area contributed by atoms with E-state index in [1.165, 1.54) is 61.3 Å². The molecule has 0 aliphatic heterocycles. The highest BCUT2D eigenvalue weighted by Gasteiger charge is 2.18. The molecule has 0 saturated carbocycles. The van der Waals surface area contributed by atoms with Crippen LogP contribution in [0, 0.1) is 5.92 Å². The highest BCUT2D eigenvalue weighted by atomic mass is 15.1. The number of allylic oxidation sites excluding steroid dienone is 3. The van der Waals surface area contributed by atoms with E-state index in [1.807, 2.05) is 0 Å². The maximum absolute atomic E-state index is 2.38. The van der Waals surface area contributed by atoms with Crippen molar-refractivity contribution in [3.05, 3.63) is 261 Å². The molecule has 0 radical (unpaired) electrons. The van der Waals surface area contributed by atoms with Crippen molar-refractivity contribution in [2.45, 2.75) is 13.3 Å². The zero-order valence-electron chi connectivity index (χ0n) is 35.4. The molecule has 0 spiro atoms. The van der Waals surface area contributed by atoms with Crippen molar-refractivity contribution in [2.75, 3.05) is 9.80 Å². The van der Waals surface area contributed by atoms with Crippen LogP contribution in [0.15, 0.2) is 261 Å². The molecule has 0 N–H and O–H groups in total. The molecule has 10 rings (SSSR count). The third-order valence-electron chi connectivity index (χ3n) is 12.1. The van der Waals surface area contributed by atoms with Gasteiger partial charge in [0.1, 0.15) is 0 Å². The lowest BCUT2D eigenvalue weighted by atomic mass is 9.98. The van der Waals surface area contributed by atoms with Gasteiger partial charge in [-0.05, 0) is 135 Å². The van der Waals surface area contributed by atoms with E-state index in [4.69, 9.17) is 0 Å². The number of hydrogen-bond donors (Lipinski definition) is 0. The molecule has 0 amide bonds. The van der Waals surface area contributed by atoms with Gasteiger partial charge in [-0.3, -0.25) is 0 Å². The Hall–Kier alpha value is -7.94. The summed E-state index contributed by atoms with van der Waals surface area (Å²) in [5.41, 5.74) is 18.8. The quantitative estimate of drug-likeness (QED) is 0.128. The molecule has 302 valence electrons. The Balaban J connectivity index is 0.924. The molecule has 1 aliphatic rings. The molecular formula is C61H48N2. The lowest BCUT2D eigenvalue weighted by molar-refractivity contribution is 0.728. The SMILES string of the molecule is CC1C=CC(N(c2ccc(-c3ccc(-c4ccccc4)cc3)cc2)c2ccc(-c3ccc(N(c4ccc(-c5ccccc5)cc4)c4ccc(-c5ccccc5)cc4)cc3)cc2)=CC1. The highest BCUT2D eigenvalue weighted by Crippen LogP contribution is 2.39. The first kappa shape index (κ1) is 39.2. The molecule has 0 fully saturated rings. The van der Waals surface area contributed by atoms with E-state index in [2.05, 4.69) is 272 Å². The Morgan fingerprint density at radius 3 is 0.778 bits per heavy atom. The van der Waals surface area contributed by atoms with Crippen molar-refractivity contribution in [3.8, 4) is 55.6 Å². The van der Waals surface area contributed by atoms with E-state index in [9.17, 15) is 0 Å². The van der Waals surface area contributed by atoms with Crippen LogP contribution >= 0.6 is 0 Å². The summed E-state index contributed by atoms with van der Waals surface area (Å²) in [5, 5.41) is 0. The number of hydrogen-bond acceptors (Lipinski definition) is 2. The zero-order chi connectivity index (χ0) is 42.4. The first-order valence-electron chi connectivity index (χ1n) is 21.9. The molecule has 0 heterocycles. The summed E-state index contributed by atoms with van der Waals surface area (Å²) in [4.78, 5) is 4.72.